The molecule has 1 fully saturated rings. The minimum Gasteiger partial charge on any atom is -0.461 e. The highest BCUT2D eigenvalue weighted by Crippen LogP contribution is 2.62. The number of rotatable bonds is 4. The number of fused-ring (bicyclic) bond motifs is 6. The summed E-state index contributed by atoms with van der Waals surface area (Å²) < 4.78 is 19.3. The number of ketones is 2. The summed E-state index contributed by atoms with van der Waals surface area (Å²) in [5.41, 5.74) is 1.79. The Morgan fingerprint density at radius 1 is 0.895 bits per heavy atom. The number of Topliss-reactive ketones (excluding diaryl/α,β-unsaturated/α-hetero) is 2. The number of nitrogens with one attached hydrogen (secondary N) is 1. The lowest BCUT2D eigenvalue weighted by Crippen LogP contribution is -2.49. The van der Waals surface area contributed by atoms with Gasteiger partial charge in [-0.05, 0) is 65.2 Å². The molecule has 3 aromatic carbocycles. The van der Waals surface area contributed by atoms with E-state index in [0.29, 0.717) is 11.3 Å². The first-order valence-electron chi connectivity index (χ1n) is 12.3. The van der Waals surface area contributed by atoms with Gasteiger partial charge in [-0.15, -0.1) is 0 Å². The molecule has 186 valence electrons. The van der Waals surface area contributed by atoms with Crippen LogP contribution in [0.5, 0.6) is 0 Å². The molecule has 3 aliphatic rings. The van der Waals surface area contributed by atoms with E-state index in [4.69, 9.17) is 4.42 Å². The molecular weight excluding hydrogens is 483 g/mol. The van der Waals surface area contributed by atoms with Gasteiger partial charge in [0.25, 0.3) is 0 Å². The summed E-state index contributed by atoms with van der Waals surface area (Å²) in [6, 6.07) is 21.7. The third kappa shape index (κ3) is 2.90. The molecule has 0 unspecified atom stereocenters. The fourth-order valence-corrected chi connectivity index (χ4v) is 6.53. The highest BCUT2D eigenvalue weighted by Gasteiger charge is 2.71. The molecule has 1 amide bonds. The first-order chi connectivity index (χ1) is 18.5. The summed E-state index contributed by atoms with van der Waals surface area (Å²) in [5, 5.41) is 3.00. The van der Waals surface area contributed by atoms with Gasteiger partial charge >= 0.3 is 0 Å². The first-order valence-corrected chi connectivity index (χ1v) is 12.3. The van der Waals surface area contributed by atoms with Gasteiger partial charge in [0.15, 0.2) is 11.5 Å². The van der Waals surface area contributed by atoms with Crippen molar-refractivity contribution in [3.8, 4) is 0 Å². The van der Waals surface area contributed by atoms with Crippen LogP contribution in [0.2, 0.25) is 0 Å². The van der Waals surface area contributed by atoms with E-state index in [1.54, 1.807) is 24.4 Å². The van der Waals surface area contributed by atoms with Gasteiger partial charge in [-0.2, -0.15) is 0 Å². The van der Waals surface area contributed by atoms with Crippen molar-refractivity contribution >= 4 is 29.2 Å². The number of anilines is 1. The number of hydrogen-bond donors (Lipinski definition) is 1. The summed E-state index contributed by atoms with van der Waals surface area (Å²) in [7, 11) is 0. The summed E-state index contributed by atoms with van der Waals surface area (Å²) in [6.45, 7) is 0. The largest absolute Gasteiger partial charge is 0.461 e. The van der Waals surface area contributed by atoms with Gasteiger partial charge in [0, 0.05) is 17.5 Å². The van der Waals surface area contributed by atoms with E-state index in [2.05, 4.69) is 5.32 Å². The second-order valence-corrected chi connectivity index (χ2v) is 9.80. The molecule has 4 aromatic rings. The number of amides is 1. The molecule has 7 rings (SSSR count). The highest BCUT2D eigenvalue weighted by atomic mass is 19.1. The van der Waals surface area contributed by atoms with Gasteiger partial charge in [0.1, 0.15) is 17.3 Å². The molecule has 1 aromatic heterocycles. The predicted octanol–water partition coefficient (Wildman–Crippen LogP) is 5.40. The Labute approximate surface area is 217 Å². The van der Waals surface area contributed by atoms with Crippen molar-refractivity contribution in [2.75, 3.05) is 5.32 Å². The molecule has 6 nitrogen and oxygen atoms in total. The van der Waals surface area contributed by atoms with E-state index in [-0.39, 0.29) is 17.2 Å². The lowest BCUT2D eigenvalue weighted by Gasteiger charge is -2.38. The van der Waals surface area contributed by atoms with E-state index < -0.39 is 40.8 Å². The van der Waals surface area contributed by atoms with E-state index in [1.807, 2.05) is 53.4 Å². The molecule has 3 aliphatic heterocycles. The van der Waals surface area contributed by atoms with Gasteiger partial charge in [-0.1, -0.05) is 42.5 Å². The summed E-state index contributed by atoms with van der Waals surface area (Å²) >= 11 is 0. The third-order valence-corrected chi connectivity index (χ3v) is 8.01. The molecule has 4 atom stereocenters. The van der Waals surface area contributed by atoms with Crippen LogP contribution in [0.15, 0.2) is 102 Å². The maximum Gasteiger partial charge on any atom is 0.238 e. The molecule has 1 saturated heterocycles. The zero-order valence-electron chi connectivity index (χ0n) is 20.0. The van der Waals surface area contributed by atoms with Crippen molar-refractivity contribution in [1.82, 2.24) is 4.90 Å². The molecule has 0 radical (unpaired) electrons. The minimum atomic E-state index is -1.43. The summed E-state index contributed by atoms with van der Waals surface area (Å²) in [6.07, 6.45) is 5.10. The van der Waals surface area contributed by atoms with Crippen LogP contribution in [-0.4, -0.2) is 28.4 Å². The molecule has 0 bridgehead atoms. The van der Waals surface area contributed by atoms with Gasteiger partial charge < -0.3 is 14.6 Å². The number of para-hydroxylation sites is 1. The number of nitrogens with zero attached hydrogens (tertiary/aromatic N) is 1. The Morgan fingerprint density at radius 2 is 1.66 bits per heavy atom. The van der Waals surface area contributed by atoms with Crippen LogP contribution >= 0.6 is 0 Å². The van der Waals surface area contributed by atoms with E-state index >= 15 is 0 Å². The lowest BCUT2D eigenvalue weighted by atomic mass is 9.62. The molecule has 7 heteroatoms. The van der Waals surface area contributed by atoms with Gasteiger partial charge in [-0.25, -0.2) is 4.39 Å². The predicted molar refractivity (Wildman–Crippen MR) is 138 cm³/mol. The average molecular weight is 505 g/mol. The van der Waals surface area contributed by atoms with Crippen LogP contribution in [0.3, 0.4) is 0 Å². The number of carbonyl (C=O) groups is 3. The standard InChI is InChI=1S/C31H21FN2O4/c32-20-13-11-19(12-14-20)27(35)25-26(28(36)24-10-5-17-38-24)34-16-15-18-6-1-2-7-21(18)29(34)31(25)22-8-3-4-9-23(22)33-30(31)37/h1-17,25-26,29H,(H,33,37)/t25-,26+,29+,31-/m1/s1. The molecule has 1 N–H and O–H groups in total. The lowest BCUT2D eigenvalue weighted by molar-refractivity contribution is -0.122. The highest BCUT2D eigenvalue weighted by molar-refractivity contribution is 6.16. The van der Waals surface area contributed by atoms with Crippen LogP contribution in [-0.2, 0) is 10.2 Å². The second kappa shape index (κ2) is 8.11. The van der Waals surface area contributed by atoms with Gasteiger partial charge in [0.2, 0.25) is 11.7 Å². The van der Waals surface area contributed by atoms with Crippen LogP contribution in [0.25, 0.3) is 6.08 Å². The van der Waals surface area contributed by atoms with Crippen molar-refractivity contribution in [2.45, 2.75) is 17.5 Å². The normalized spacial score (nSPS) is 24.6. The molecule has 1 spiro atoms. The van der Waals surface area contributed by atoms with E-state index in [9.17, 15) is 18.8 Å². The Kier molecular flexibility index (Phi) is 4.79. The SMILES string of the molecule is O=C(c1ccco1)[C@@H]1[C@H](C(=O)c2ccc(F)cc2)[C@@]2(C(=O)Nc3ccccc32)[C@@H]2c3ccccc3C=CN12. The van der Waals surface area contributed by atoms with Crippen molar-refractivity contribution in [2.24, 2.45) is 5.92 Å². The fraction of sp³-hybridized carbons (Fsp3) is 0.129. The fourth-order valence-electron chi connectivity index (χ4n) is 6.53. The van der Waals surface area contributed by atoms with Crippen LogP contribution in [0.4, 0.5) is 10.1 Å². The number of hydrogen-bond acceptors (Lipinski definition) is 5. The van der Waals surface area contributed by atoms with Crippen molar-refractivity contribution in [1.29, 1.82) is 0 Å². The monoisotopic (exact) mass is 504 g/mol. The van der Waals surface area contributed by atoms with Crippen molar-refractivity contribution < 1.29 is 23.2 Å². The third-order valence-electron chi connectivity index (χ3n) is 8.01. The Bertz CT molecular complexity index is 1640. The maximum atomic E-state index is 14.5. The van der Waals surface area contributed by atoms with E-state index in [0.717, 1.165) is 11.1 Å². The van der Waals surface area contributed by atoms with Crippen molar-refractivity contribution in [3.05, 3.63) is 131 Å². The van der Waals surface area contributed by atoms with Crippen LogP contribution in [0, 0.1) is 11.7 Å². The maximum absolute atomic E-state index is 14.5. The molecule has 38 heavy (non-hydrogen) atoms. The Morgan fingerprint density at radius 3 is 2.45 bits per heavy atom. The molecule has 0 saturated carbocycles. The summed E-state index contributed by atoms with van der Waals surface area (Å²) in [5.74, 6) is -2.68. The Balaban J connectivity index is 1.55. The van der Waals surface area contributed by atoms with Crippen molar-refractivity contribution in [3.63, 3.8) is 0 Å². The van der Waals surface area contributed by atoms with E-state index in [1.165, 1.54) is 30.5 Å². The average Bonchev–Trinajstić information content (AvgIpc) is 3.65. The number of furan rings is 1. The number of benzene rings is 3. The molecule has 0 aliphatic carbocycles. The first kappa shape index (κ1) is 22.4. The second-order valence-electron chi connectivity index (χ2n) is 9.80. The summed E-state index contributed by atoms with van der Waals surface area (Å²) in [4.78, 5) is 44.7. The topological polar surface area (TPSA) is 79.6 Å². The molecular formula is C31H21FN2O4. The van der Waals surface area contributed by atoms with Gasteiger partial charge in [0.05, 0.1) is 18.2 Å². The molecule has 4 heterocycles. The zero-order valence-corrected chi connectivity index (χ0v) is 20.0. The van der Waals surface area contributed by atoms with Crippen LogP contribution < -0.4 is 5.32 Å². The number of carbonyl (C=O) groups excluding carboxylic acids is 3. The minimum absolute atomic E-state index is 0.0988. The number of halogens is 1. The smallest absolute Gasteiger partial charge is 0.238 e. The van der Waals surface area contributed by atoms with Crippen LogP contribution in [0.1, 0.15) is 43.6 Å². The zero-order chi connectivity index (χ0) is 26.0. The quantitative estimate of drug-likeness (QED) is 0.377. The Hall–Kier alpha value is -4.78. The van der Waals surface area contributed by atoms with Gasteiger partial charge in [-0.3, -0.25) is 14.4 Å².